The van der Waals surface area contributed by atoms with Crippen LogP contribution in [0.25, 0.3) is 0 Å². The van der Waals surface area contributed by atoms with Gasteiger partial charge in [0.1, 0.15) is 5.82 Å². The summed E-state index contributed by atoms with van der Waals surface area (Å²) in [5, 5.41) is 7.91. The number of carbonyl (C=O) groups is 4. The number of halogens is 2. The van der Waals surface area contributed by atoms with Crippen LogP contribution in [0.5, 0.6) is 0 Å². The Kier molecular flexibility index (Phi) is 8.77. The van der Waals surface area contributed by atoms with E-state index in [1.165, 1.54) is 25.2 Å². The standard InChI is InChI=1S/C20H21Cl2N5O4/c1-12-5-6-23-16(7-12)26-18(29)11-27(2)19(30)10-24-17(28)9-25-20(31)14-4-3-13(21)8-15(14)22/h3-8H,9-11H2,1-2H3,(H,24,28)(H,25,31)(H,23,26,29). The lowest BCUT2D eigenvalue weighted by Gasteiger charge is -2.17. The Hall–Kier alpha value is -3.17. The van der Waals surface area contributed by atoms with E-state index in [1.807, 2.05) is 6.92 Å². The van der Waals surface area contributed by atoms with Crippen molar-refractivity contribution in [1.82, 2.24) is 20.5 Å². The minimum Gasteiger partial charge on any atom is -0.345 e. The van der Waals surface area contributed by atoms with Crippen LogP contribution in [0, 0.1) is 6.92 Å². The summed E-state index contributed by atoms with van der Waals surface area (Å²) in [4.78, 5) is 53.3. The highest BCUT2D eigenvalue weighted by atomic mass is 35.5. The van der Waals surface area contributed by atoms with Gasteiger partial charge in [-0.2, -0.15) is 0 Å². The molecular weight excluding hydrogens is 445 g/mol. The highest BCUT2D eigenvalue weighted by Gasteiger charge is 2.16. The monoisotopic (exact) mass is 465 g/mol. The fraction of sp³-hybridized carbons (Fsp3) is 0.250. The molecule has 0 spiro atoms. The quantitative estimate of drug-likeness (QED) is 0.547. The molecule has 9 nitrogen and oxygen atoms in total. The molecule has 1 heterocycles. The maximum atomic E-state index is 12.1. The molecule has 0 aliphatic rings. The minimum absolute atomic E-state index is 0.154. The molecule has 1 aromatic heterocycles. The van der Waals surface area contributed by atoms with E-state index in [1.54, 1.807) is 18.3 Å². The molecular formula is C20H21Cl2N5O4. The Morgan fingerprint density at radius 2 is 1.74 bits per heavy atom. The molecule has 164 valence electrons. The molecule has 11 heteroatoms. The van der Waals surface area contributed by atoms with Crippen molar-refractivity contribution in [2.24, 2.45) is 0 Å². The van der Waals surface area contributed by atoms with Gasteiger partial charge in [-0.1, -0.05) is 23.2 Å². The van der Waals surface area contributed by atoms with Gasteiger partial charge in [0.25, 0.3) is 5.91 Å². The molecule has 0 radical (unpaired) electrons. The van der Waals surface area contributed by atoms with Crippen LogP contribution in [0.1, 0.15) is 15.9 Å². The predicted octanol–water partition coefficient (Wildman–Crippen LogP) is 1.64. The summed E-state index contributed by atoms with van der Waals surface area (Å²) in [6.45, 7) is 0.968. The number of hydrogen-bond acceptors (Lipinski definition) is 5. The molecule has 0 aliphatic carbocycles. The summed E-state index contributed by atoms with van der Waals surface area (Å²) in [5.41, 5.74) is 1.10. The highest BCUT2D eigenvalue weighted by Crippen LogP contribution is 2.20. The fourth-order valence-corrected chi connectivity index (χ4v) is 2.89. The molecule has 1 aromatic carbocycles. The number of hydrogen-bond donors (Lipinski definition) is 3. The summed E-state index contributed by atoms with van der Waals surface area (Å²) in [6.07, 6.45) is 1.56. The number of rotatable bonds is 8. The maximum absolute atomic E-state index is 12.1. The topological polar surface area (TPSA) is 120 Å². The molecule has 3 N–H and O–H groups in total. The summed E-state index contributed by atoms with van der Waals surface area (Å²) >= 11 is 11.7. The third-order valence-corrected chi connectivity index (χ3v) is 4.56. The van der Waals surface area contributed by atoms with Crippen LogP contribution in [0.2, 0.25) is 10.0 Å². The summed E-state index contributed by atoms with van der Waals surface area (Å²) in [5.74, 6) is -1.65. The van der Waals surface area contributed by atoms with Gasteiger partial charge >= 0.3 is 0 Å². The summed E-state index contributed by atoms with van der Waals surface area (Å²) < 4.78 is 0. The number of likely N-dealkylation sites (N-methyl/N-ethyl adjacent to an activating group) is 1. The van der Waals surface area contributed by atoms with Crippen LogP contribution in [0.15, 0.2) is 36.5 Å². The van der Waals surface area contributed by atoms with Gasteiger partial charge in [0, 0.05) is 18.3 Å². The van der Waals surface area contributed by atoms with E-state index in [0.717, 1.165) is 10.5 Å². The van der Waals surface area contributed by atoms with E-state index in [4.69, 9.17) is 23.2 Å². The zero-order valence-electron chi connectivity index (χ0n) is 16.9. The van der Waals surface area contributed by atoms with Gasteiger partial charge in [-0.3, -0.25) is 19.2 Å². The molecule has 0 aliphatic heterocycles. The van der Waals surface area contributed by atoms with Crippen LogP contribution >= 0.6 is 23.2 Å². The number of pyridine rings is 1. The van der Waals surface area contributed by atoms with Crippen molar-refractivity contribution in [3.63, 3.8) is 0 Å². The number of nitrogens with one attached hydrogen (secondary N) is 3. The molecule has 0 fully saturated rings. The Labute approximate surface area is 189 Å². The molecule has 0 saturated heterocycles. The van der Waals surface area contributed by atoms with Crippen molar-refractivity contribution >= 4 is 52.6 Å². The molecule has 2 rings (SSSR count). The van der Waals surface area contributed by atoms with Gasteiger partial charge < -0.3 is 20.9 Å². The van der Waals surface area contributed by atoms with Crippen LogP contribution in [-0.2, 0) is 14.4 Å². The Morgan fingerprint density at radius 3 is 2.42 bits per heavy atom. The predicted molar refractivity (Wildman–Crippen MR) is 117 cm³/mol. The number of carbonyl (C=O) groups excluding carboxylic acids is 4. The summed E-state index contributed by atoms with van der Waals surface area (Å²) in [6, 6.07) is 7.85. The van der Waals surface area contributed by atoms with Crippen LogP contribution < -0.4 is 16.0 Å². The first-order valence-corrected chi connectivity index (χ1v) is 9.87. The van der Waals surface area contributed by atoms with Gasteiger partial charge in [-0.05, 0) is 42.8 Å². The lowest BCUT2D eigenvalue weighted by molar-refractivity contribution is -0.134. The molecule has 4 amide bonds. The van der Waals surface area contributed by atoms with Gasteiger partial charge in [-0.15, -0.1) is 0 Å². The van der Waals surface area contributed by atoms with Gasteiger partial charge in [0.05, 0.1) is 30.2 Å². The third kappa shape index (κ3) is 7.88. The van der Waals surface area contributed by atoms with Crippen molar-refractivity contribution in [3.05, 3.63) is 57.7 Å². The number of benzene rings is 1. The van der Waals surface area contributed by atoms with Crippen molar-refractivity contribution in [1.29, 1.82) is 0 Å². The lowest BCUT2D eigenvalue weighted by atomic mass is 10.2. The Morgan fingerprint density at radius 1 is 1.00 bits per heavy atom. The van der Waals surface area contributed by atoms with Crippen LogP contribution in [-0.4, -0.2) is 60.2 Å². The fourth-order valence-electron chi connectivity index (χ4n) is 2.39. The smallest absolute Gasteiger partial charge is 0.253 e. The number of aryl methyl sites for hydroxylation is 1. The van der Waals surface area contributed by atoms with Gasteiger partial charge in [0.2, 0.25) is 17.7 Å². The van der Waals surface area contributed by atoms with Crippen molar-refractivity contribution in [2.75, 3.05) is 32.0 Å². The first kappa shape index (κ1) is 24.1. The molecule has 0 bridgehead atoms. The lowest BCUT2D eigenvalue weighted by Crippen LogP contribution is -2.44. The Balaban J connectivity index is 1.73. The van der Waals surface area contributed by atoms with Crippen molar-refractivity contribution in [2.45, 2.75) is 6.92 Å². The minimum atomic E-state index is -0.575. The van der Waals surface area contributed by atoms with Gasteiger partial charge in [0.15, 0.2) is 0 Å². The second-order valence-electron chi connectivity index (χ2n) is 6.60. The number of anilines is 1. The summed E-state index contributed by atoms with van der Waals surface area (Å²) in [7, 11) is 1.43. The molecule has 31 heavy (non-hydrogen) atoms. The number of nitrogens with zero attached hydrogens (tertiary/aromatic N) is 2. The van der Waals surface area contributed by atoms with E-state index in [2.05, 4.69) is 20.9 Å². The van der Waals surface area contributed by atoms with Crippen LogP contribution in [0.4, 0.5) is 5.82 Å². The zero-order chi connectivity index (χ0) is 23.0. The average Bonchev–Trinajstić information content (AvgIpc) is 2.70. The third-order valence-electron chi connectivity index (χ3n) is 4.01. The molecule has 0 saturated carbocycles. The Bertz CT molecular complexity index is 999. The molecule has 2 aromatic rings. The average molecular weight is 466 g/mol. The molecule has 0 atom stereocenters. The van der Waals surface area contributed by atoms with E-state index in [-0.39, 0.29) is 30.2 Å². The van der Waals surface area contributed by atoms with Crippen molar-refractivity contribution < 1.29 is 19.2 Å². The van der Waals surface area contributed by atoms with Gasteiger partial charge in [-0.25, -0.2) is 4.98 Å². The first-order chi connectivity index (χ1) is 14.7. The largest absolute Gasteiger partial charge is 0.345 e. The van der Waals surface area contributed by atoms with E-state index in [9.17, 15) is 19.2 Å². The van der Waals surface area contributed by atoms with E-state index >= 15 is 0 Å². The molecule has 0 unspecified atom stereocenters. The zero-order valence-corrected chi connectivity index (χ0v) is 18.4. The number of amides is 4. The van der Waals surface area contributed by atoms with Crippen LogP contribution in [0.3, 0.4) is 0 Å². The van der Waals surface area contributed by atoms with E-state index < -0.39 is 23.6 Å². The van der Waals surface area contributed by atoms with E-state index in [0.29, 0.717) is 10.8 Å². The SMILES string of the molecule is Cc1ccnc(NC(=O)CN(C)C(=O)CNC(=O)CNC(=O)c2ccc(Cl)cc2Cl)c1. The highest BCUT2D eigenvalue weighted by molar-refractivity contribution is 6.36. The maximum Gasteiger partial charge on any atom is 0.253 e. The normalized spacial score (nSPS) is 10.2. The van der Waals surface area contributed by atoms with Crippen molar-refractivity contribution in [3.8, 4) is 0 Å². The second-order valence-corrected chi connectivity index (χ2v) is 7.44. The second kappa shape index (κ2) is 11.3. The number of aromatic nitrogens is 1. The first-order valence-electron chi connectivity index (χ1n) is 9.12.